The Morgan fingerprint density at radius 2 is 1.59 bits per heavy atom. The van der Waals surface area contributed by atoms with Crippen LogP contribution in [0.5, 0.6) is 0 Å². The third-order valence-corrected chi connectivity index (χ3v) is 2.79. The summed E-state index contributed by atoms with van der Waals surface area (Å²) in [5.74, 6) is -0.717. The summed E-state index contributed by atoms with van der Waals surface area (Å²) in [5, 5.41) is 0. The summed E-state index contributed by atoms with van der Waals surface area (Å²) < 4.78 is 0. The monoisotopic (exact) mass is 230 g/mol. The highest BCUT2D eigenvalue weighted by molar-refractivity contribution is 6.00. The van der Waals surface area contributed by atoms with Gasteiger partial charge in [0, 0.05) is 0 Å². The summed E-state index contributed by atoms with van der Waals surface area (Å²) in [6, 6.07) is 9.84. The first kappa shape index (κ1) is 13.4. The summed E-state index contributed by atoms with van der Waals surface area (Å²) in [6.45, 7) is 4.84. The average Bonchev–Trinajstić information content (AvgIpc) is 2.27. The molecule has 0 radical (unpaired) electrons. The van der Waals surface area contributed by atoms with Gasteiger partial charge in [-0.1, -0.05) is 49.4 Å². The number of hydrogen-bond acceptors (Lipinski definition) is 2. The van der Waals surface area contributed by atoms with Crippen LogP contribution in [0.3, 0.4) is 0 Å². The molecule has 17 heavy (non-hydrogen) atoms. The normalized spacial score (nSPS) is 12.9. The van der Waals surface area contributed by atoms with Crippen molar-refractivity contribution >= 4 is 17.6 Å². The second-order valence-electron chi connectivity index (χ2n) is 4.33. The molecular formula is C15H18O2. The van der Waals surface area contributed by atoms with Crippen molar-refractivity contribution in [1.29, 1.82) is 0 Å². The molecule has 2 heteroatoms. The lowest BCUT2D eigenvalue weighted by atomic mass is 9.87. The van der Waals surface area contributed by atoms with Gasteiger partial charge in [0.15, 0.2) is 0 Å². The second-order valence-corrected chi connectivity index (χ2v) is 4.33. The molecule has 0 aromatic heterocycles. The van der Waals surface area contributed by atoms with Gasteiger partial charge in [0.2, 0.25) is 0 Å². The van der Waals surface area contributed by atoms with Gasteiger partial charge in [0.25, 0.3) is 0 Å². The Kier molecular flexibility index (Phi) is 4.83. The fourth-order valence-corrected chi connectivity index (χ4v) is 1.96. The molecule has 0 N–H and O–H groups in total. The molecule has 0 bridgehead atoms. The molecule has 0 saturated heterocycles. The first-order valence-electron chi connectivity index (χ1n) is 5.76. The first-order chi connectivity index (χ1) is 8.02. The summed E-state index contributed by atoms with van der Waals surface area (Å²) in [6.07, 6.45) is 3.87. The first-order valence-corrected chi connectivity index (χ1v) is 5.76. The SMILES string of the molecule is CC(=O)C(C(C)=O)C(C)/C=C/c1ccccc1. The van der Waals surface area contributed by atoms with Gasteiger partial charge in [-0.3, -0.25) is 9.59 Å². The number of Topliss-reactive ketones (excluding diaryl/α,β-unsaturated/α-hetero) is 2. The predicted molar refractivity (Wildman–Crippen MR) is 69.5 cm³/mol. The molecule has 0 aliphatic carbocycles. The van der Waals surface area contributed by atoms with Crippen molar-refractivity contribution in [2.45, 2.75) is 20.8 Å². The number of carbonyl (C=O) groups is 2. The van der Waals surface area contributed by atoms with Gasteiger partial charge < -0.3 is 0 Å². The standard InChI is InChI=1S/C15H18O2/c1-11(15(12(2)16)13(3)17)9-10-14-7-5-4-6-8-14/h4-11,15H,1-3H3/b10-9+. The molecule has 1 rings (SSSR count). The maximum absolute atomic E-state index is 11.4. The van der Waals surface area contributed by atoms with E-state index < -0.39 is 5.92 Å². The molecule has 90 valence electrons. The highest BCUT2D eigenvalue weighted by Gasteiger charge is 2.24. The van der Waals surface area contributed by atoms with Gasteiger partial charge in [-0.05, 0) is 25.3 Å². The molecule has 0 aliphatic heterocycles. The van der Waals surface area contributed by atoms with E-state index in [1.807, 2.05) is 49.4 Å². The summed E-state index contributed by atoms with van der Waals surface area (Å²) in [4.78, 5) is 22.8. The minimum atomic E-state index is -0.519. The highest BCUT2D eigenvalue weighted by atomic mass is 16.1. The lowest BCUT2D eigenvalue weighted by Gasteiger charge is -2.15. The number of rotatable bonds is 5. The fourth-order valence-electron chi connectivity index (χ4n) is 1.96. The van der Waals surface area contributed by atoms with Gasteiger partial charge in [-0.2, -0.15) is 0 Å². The molecule has 0 amide bonds. The second kappa shape index (κ2) is 6.14. The van der Waals surface area contributed by atoms with Crippen LogP contribution in [0.1, 0.15) is 26.3 Å². The van der Waals surface area contributed by atoms with Crippen LogP contribution in [0.4, 0.5) is 0 Å². The summed E-state index contributed by atoms with van der Waals surface area (Å²) in [5.41, 5.74) is 1.07. The number of allylic oxidation sites excluding steroid dienone is 1. The van der Waals surface area contributed by atoms with E-state index in [9.17, 15) is 9.59 Å². The maximum atomic E-state index is 11.4. The van der Waals surface area contributed by atoms with E-state index in [4.69, 9.17) is 0 Å². The van der Waals surface area contributed by atoms with E-state index in [1.165, 1.54) is 13.8 Å². The highest BCUT2D eigenvalue weighted by Crippen LogP contribution is 2.17. The molecular weight excluding hydrogens is 212 g/mol. The third-order valence-electron chi connectivity index (χ3n) is 2.79. The molecule has 1 aromatic carbocycles. The zero-order valence-corrected chi connectivity index (χ0v) is 10.5. The quantitative estimate of drug-likeness (QED) is 0.728. The lowest BCUT2D eigenvalue weighted by Crippen LogP contribution is -2.25. The van der Waals surface area contributed by atoms with Crippen molar-refractivity contribution < 1.29 is 9.59 Å². The Labute approximate surface area is 102 Å². The van der Waals surface area contributed by atoms with Gasteiger partial charge in [-0.15, -0.1) is 0 Å². The van der Waals surface area contributed by atoms with Crippen molar-refractivity contribution in [1.82, 2.24) is 0 Å². The van der Waals surface area contributed by atoms with E-state index in [2.05, 4.69) is 0 Å². The van der Waals surface area contributed by atoms with E-state index >= 15 is 0 Å². The lowest BCUT2D eigenvalue weighted by molar-refractivity contribution is -0.131. The Morgan fingerprint density at radius 1 is 1.06 bits per heavy atom. The van der Waals surface area contributed by atoms with Crippen LogP contribution in [0, 0.1) is 11.8 Å². The summed E-state index contributed by atoms with van der Waals surface area (Å²) >= 11 is 0. The number of carbonyl (C=O) groups excluding carboxylic acids is 2. The smallest absolute Gasteiger partial charge is 0.140 e. The fraction of sp³-hybridized carbons (Fsp3) is 0.333. The molecule has 1 unspecified atom stereocenters. The Hall–Kier alpha value is -1.70. The topological polar surface area (TPSA) is 34.1 Å². The average molecular weight is 230 g/mol. The molecule has 1 aromatic rings. The largest absolute Gasteiger partial charge is 0.299 e. The van der Waals surface area contributed by atoms with E-state index in [0.717, 1.165) is 5.56 Å². The molecule has 0 heterocycles. The van der Waals surface area contributed by atoms with Crippen molar-refractivity contribution in [3.8, 4) is 0 Å². The molecule has 0 aliphatic rings. The van der Waals surface area contributed by atoms with Crippen molar-refractivity contribution in [3.05, 3.63) is 42.0 Å². The molecule has 0 fully saturated rings. The van der Waals surface area contributed by atoms with Crippen LogP contribution in [-0.2, 0) is 9.59 Å². The van der Waals surface area contributed by atoms with Crippen molar-refractivity contribution in [2.75, 3.05) is 0 Å². The van der Waals surface area contributed by atoms with Crippen LogP contribution in [-0.4, -0.2) is 11.6 Å². The minimum absolute atomic E-state index is 0.0646. The van der Waals surface area contributed by atoms with Crippen molar-refractivity contribution in [2.24, 2.45) is 11.8 Å². The van der Waals surface area contributed by atoms with Gasteiger partial charge >= 0.3 is 0 Å². The van der Waals surface area contributed by atoms with Crippen molar-refractivity contribution in [3.63, 3.8) is 0 Å². The summed E-state index contributed by atoms with van der Waals surface area (Å²) in [7, 11) is 0. The molecule has 1 atom stereocenters. The number of ketones is 2. The van der Waals surface area contributed by atoms with Gasteiger partial charge in [-0.25, -0.2) is 0 Å². The Balaban J connectivity index is 2.77. The molecule has 2 nitrogen and oxygen atoms in total. The van der Waals surface area contributed by atoms with Crippen LogP contribution < -0.4 is 0 Å². The zero-order valence-electron chi connectivity index (χ0n) is 10.5. The van der Waals surface area contributed by atoms with Crippen LogP contribution in [0.15, 0.2) is 36.4 Å². The van der Waals surface area contributed by atoms with Crippen LogP contribution in [0.25, 0.3) is 6.08 Å². The Bertz CT molecular complexity index is 404. The minimum Gasteiger partial charge on any atom is -0.299 e. The zero-order chi connectivity index (χ0) is 12.8. The molecule has 0 saturated carbocycles. The van der Waals surface area contributed by atoms with E-state index in [0.29, 0.717) is 0 Å². The van der Waals surface area contributed by atoms with E-state index in [1.54, 1.807) is 0 Å². The third kappa shape index (κ3) is 3.99. The Morgan fingerprint density at radius 3 is 2.06 bits per heavy atom. The number of benzene rings is 1. The van der Waals surface area contributed by atoms with Gasteiger partial charge in [0.05, 0.1) is 5.92 Å². The predicted octanol–water partition coefficient (Wildman–Crippen LogP) is 3.13. The van der Waals surface area contributed by atoms with Crippen LogP contribution >= 0.6 is 0 Å². The molecule has 0 spiro atoms. The van der Waals surface area contributed by atoms with Crippen LogP contribution in [0.2, 0.25) is 0 Å². The van der Waals surface area contributed by atoms with E-state index in [-0.39, 0.29) is 17.5 Å². The van der Waals surface area contributed by atoms with Gasteiger partial charge in [0.1, 0.15) is 11.6 Å². The maximum Gasteiger partial charge on any atom is 0.140 e. The number of hydrogen-bond donors (Lipinski definition) is 0.